The molecule has 0 aliphatic rings. The summed E-state index contributed by atoms with van der Waals surface area (Å²) in [5, 5.41) is 2.94. The van der Waals surface area contributed by atoms with Gasteiger partial charge in [0.2, 0.25) is 0 Å². The van der Waals surface area contributed by atoms with Crippen LogP contribution in [-0.4, -0.2) is 11.7 Å². The largest absolute Gasteiger partial charge is 0.416 e. The summed E-state index contributed by atoms with van der Waals surface area (Å²) in [6.45, 7) is 0. The fourth-order valence-corrected chi connectivity index (χ4v) is 2.01. The molecule has 0 heterocycles. The number of anilines is 1. The number of nitrogens with one attached hydrogen (secondary N) is 1. The van der Waals surface area contributed by atoms with Crippen molar-refractivity contribution in [3.05, 3.63) is 78.0 Å². The van der Waals surface area contributed by atoms with Gasteiger partial charge >= 0.3 is 6.18 Å². The second-order valence-corrected chi connectivity index (χ2v) is 5.15. The number of nitrogens with zero attached hydrogens (tertiary/aromatic N) is 1. The van der Waals surface area contributed by atoms with Gasteiger partial charge in [-0.3, -0.25) is 4.79 Å². The molecule has 0 atom stereocenters. The SMILES string of the molecule is NC(/C=C\Nc1ccccc1)=NC(=O)Cc1cccc(C(F)(F)F)c1. The third-order valence-corrected chi connectivity index (χ3v) is 3.14. The van der Waals surface area contributed by atoms with E-state index >= 15 is 0 Å². The number of carbonyl (C=O) groups is 1. The van der Waals surface area contributed by atoms with Gasteiger partial charge in [-0.2, -0.15) is 18.2 Å². The summed E-state index contributed by atoms with van der Waals surface area (Å²) in [5.74, 6) is -0.665. The van der Waals surface area contributed by atoms with Crippen LogP contribution in [0.1, 0.15) is 11.1 Å². The Balaban J connectivity index is 1.95. The van der Waals surface area contributed by atoms with E-state index in [-0.39, 0.29) is 17.8 Å². The molecule has 2 aromatic rings. The van der Waals surface area contributed by atoms with E-state index in [9.17, 15) is 18.0 Å². The first-order valence-corrected chi connectivity index (χ1v) is 7.36. The topological polar surface area (TPSA) is 67.5 Å². The summed E-state index contributed by atoms with van der Waals surface area (Å²) in [5.41, 5.74) is 5.87. The molecule has 4 nitrogen and oxygen atoms in total. The average molecular weight is 347 g/mol. The van der Waals surface area contributed by atoms with E-state index in [1.807, 2.05) is 30.3 Å². The van der Waals surface area contributed by atoms with Crippen LogP contribution in [0.3, 0.4) is 0 Å². The predicted octanol–water partition coefficient (Wildman–Crippen LogP) is 3.76. The zero-order valence-electron chi connectivity index (χ0n) is 13.1. The number of rotatable bonds is 5. The summed E-state index contributed by atoms with van der Waals surface area (Å²) in [7, 11) is 0. The van der Waals surface area contributed by atoms with Crippen LogP contribution in [0.5, 0.6) is 0 Å². The number of aliphatic imine (C=N–C) groups is 1. The lowest BCUT2D eigenvalue weighted by Crippen LogP contribution is -2.13. The van der Waals surface area contributed by atoms with E-state index in [0.29, 0.717) is 0 Å². The summed E-state index contributed by atoms with van der Waals surface area (Å²) < 4.78 is 37.9. The fourth-order valence-electron chi connectivity index (χ4n) is 2.01. The minimum atomic E-state index is -4.45. The fraction of sp³-hybridized carbons (Fsp3) is 0.111. The van der Waals surface area contributed by atoms with Gasteiger partial charge in [0.1, 0.15) is 5.84 Å². The molecule has 25 heavy (non-hydrogen) atoms. The highest BCUT2D eigenvalue weighted by molar-refractivity contribution is 6.00. The van der Waals surface area contributed by atoms with Gasteiger partial charge in [-0.15, -0.1) is 0 Å². The van der Waals surface area contributed by atoms with Crippen LogP contribution in [-0.2, 0) is 17.4 Å². The Morgan fingerprint density at radius 3 is 2.52 bits per heavy atom. The lowest BCUT2D eigenvalue weighted by molar-refractivity contribution is -0.137. The van der Waals surface area contributed by atoms with Gasteiger partial charge in [-0.1, -0.05) is 36.4 Å². The normalized spacial score (nSPS) is 12.4. The lowest BCUT2D eigenvalue weighted by atomic mass is 10.1. The second kappa shape index (κ2) is 8.14. The molecule has 2 aromatic carbocycles. The minimum absolute atomic E-state index is 0.0413. The van der Waals surface area contributed by atoms with Crippen molar-refractivity contribution in [2.75, 3.05) is 5.32 Å². The Hall–Kier alpha value is -3.09. The smallest absolute Gasteiger partial charge is 0.384 e. The molecule has 0 saturated carbocycles. The molecule has 0 bridgehead atoms. The summed E-state index contributed by atoms with van der Waals surface area (Å²) in [6.07, 6.45) is -1.79. The van der Waals surface area contributed by atoms with Crippen molar-refractivity contribution in [1.82, 2.24) is 0 Å². The van der Waals surface area contributed by atoms with Crippen LogP contribution in [0.2, 0.25) is 0 Å². The molecule has 2 rings (SSSR count). The molecule has 0 fully saturated rings. The van der Waals surface area contributed by atoms with Crippen molar-refractivity contribution in [3.63, 3.8) is 0 Å². The number of amidine groups is 1. The van der Waals surface area contributed by atoms with Crippen LogP contribution in [0.15, 0.2) is 71.9 Å². The van der Waals surface area contributed by atoms with Gasteiger partial charge in [0, 0.05) is 11.9 Å². The zero-order valence-corrected chi connectivity index (χ0v) is 13.1. The Morgan fingerprint density at radius 2 is 1.84 bits per heavy atom. The van der Waals surface area contributed by atoms with Gasteiger partial charge in [-0.25, -0.2) is 0 Å². The molecule has 0 aliphatic carbocycles. The molecule has 3 N–H and O–H groups in total. The minimum Gasteiger partial charge on any atom is -0.384 e. The van der Waals surface area contributed by atoms with Crippen molar-refractivity contribution < 1.29 is 18.0 Å². The van der Waals surface area contributed by atoms with E-state index in [1.165, 1.54) is 24.4 Å². The Bertz CT molecular complexity index is 784. The Kier molecular flexibility index (Phi) is 5.94. The van der Waals surface area contributed by atoms with Gasteiger partial charge in [-0.05, 0) is 29.8 Å². The van der Waals surface area contributed by atoms with Gasteiger partial charge in [0.25, 0.3) is 5.91 Å². The van der Waals surface area contributed by atoms with E-state index < -0.39 is 17.6 Å². The quantitative estimate of drug-likeness (QED) is 0.639. The van der Waals surface area contributed by atoms with Crippen LogP contribution in [0.25, 0.3) is 0 Å². The monoisotopic (exact) mass is 347 g/mol. The average Bonchev–Trinajstić information content (AvgIpc) is 2.55. The van der Waals surface area contributed by atoms with Crippen LogP contribution < -0.4 is 11.1 Å². The number of halogens is 3. The van der Waals surface area contributed by atoms with E-state index in [1.54, 1.807) is 0 Å². The molecule has 130 valence electrons. The molecule has 0 unspecified atom stereocenters. The zero-order chi connectivity index (χ0) is 18.3. The highest BCUT2D eigenvalue weighted by atomic mass is 19.4. The first-order chi connectivity index (χ1) is 11.8. The predicted molar refractivity (Wildman–Crippen MR) is 91.0 cm³/mol. The van der Waals surface area contributed by atoms with Crippen molar-refractivity contribution >= 4 is 17.4 Å². The molecular formula is C18H16F3N3O. The van der Waals surface area contributed by atoms with Crippen molar-refractivity contribution in [1.29, 1.82) is 0 Å². The number of alkyl halides is 3. The molecule has 1 amide bonds. The third kappa shape index (κ3) is 6.14. The number of hydrogen-bond donors (Lipinski definition) is 2. The Morgan fingerprint density at radius 1 is 1.12 bits per heavy atom. The summed E-state index contributed by atoms with van der Waals surface area (Å²) in [4.78, 5) is 15.5. The molecule has 0 radical (unpaired) electrons. The number of carbonyl (C=O) groups excluding carboxylic acids is 1. The van der Waals surface area contributed by atoms with Crippen LogP contribution in [0, 0.1) is 0 Å². The van der Waals surface area contributed by atoms with Crippen LogP contribution >= 0.6 is 0 Å². The molecule has 7 heteroatoms. The maximum atomic E-state index is 12.6. The van der Waals surface area contributed by atoms with Crippen molar-refractivity contribution in [2.45, 2.75) is 12.6 Å². The highest BCUT2D eigenvalue weighted by Crippen LogP contribution is 2.29. The summed E-state index contributed by atoms with van der Waals surface area (Å²) in [6, 6.07) is 13.8. The van der Waals surface area contributed by atoms with Crippen molar-refractivity contribution in [2.24, 2.45) is 10.7 Å². The molecule has 0 aliphatic heterocycles. The van der Waals surface area contributed by atoms with Gasteiger partial charge in [0.15, 0.2) is 0 Å². The molecular weight excluding hydrogens is 331 g/mol. The lowest BCUT2D eigenvalue weighted by Gasteiger charge is -2.07. The Labute approximate surface area is 142 Å². The third-order valence-electron chi connectivity index (χ3n) is 3.14. The maximum Gasteiger partial charge on any atom is 0.416 e. The van der Waals surface area contributed by atoms with Gasteiger partial charge < -0.3 is 11.1 Å². The number of amides is 1. The second-order valence-electron chi connectivity index (χ2n) is 5.15. The molecule has 0 aromatic heterocycles. The number of para-hydroxylation sites is 1. The summed E-state index contributed by atoms with van der Waals surface area (Å²) >= 11 is 0. The molecule has 0 saturated heterocycles. The van der Waals surface area contributed by atoms with Gasteiger partial charge in [0.05, 0.1) is 12.0 Å². The number of benzene rings is 2. The highest BCUT2D eigenvalue weighted by Gasteiger charge is 2.30. The first-order valence-electron chi connectivity index (χ1n) is 7.36. The molecule has 0 spiro atoms. The number of nitrogens with two attached hydrogens (primary N) is 1. The van der Waals surface area contributed by atoms with E-state index in [0.717, 1.165) is 17.8 Å². The van der Waals surface area contributed by atoms with Crippen molar-refractivity contribution in [3.8, 4) is 0 Å². The maximum absolute atomic E-state index is 12.6. The standard InChI is InChI=1S/C18H16F3N3O/c19-18(20,21)14-6-4-5-13(11-14)12-17(25)24-16(22)9-10-23-15-7-2-1-3-8-15/h1-11,23H,12H2,(H2,22,24,25)/b10-9-. The van der Waals surface area contributed by atoms with E-state index in [4.69, 9.17) is 5.73 Å². The first kappa shape index (κ1) is 18.3. The van der Waals surface area contributed by atoms with E-state index in [2.05, 4.69) is 10.3 Å². The van der Waals surface area contributed by atoms with Crippen LogP contribution in [0.4, 0.5) is 18.9 Å². The number of hydrogen-bond acceptors (Lipinski definition) is 2.